The molecular formula is C20H24N2O2S. The summed E-state index contributed by atoms with van der Waals surface area (Å²) in [4.78, 5) is 14.4. The lowest BCUT2D eigenvalue weighted by molar-refractivity contribution is -0.124. The molecule has 1 aliphatic heterocycles. The molecule has 4 rings (SSSR count). The monoisotopic (exact) mass is 356 g/mol. The molecule has 0 saturated heterocycles. The first-order chi connectivity index (χ1) is 11.9. The zero-order chi connectivity index (χ0) is 17.6. The van der Waals surface area contributed by atoms with Gasteiger partial charge in [0.2, 0.25) is 5.91 Å². The Kier molecular flexibility index (Phi) is 3.99. The minimum atomic E-state index is -0.318. The number of rotatable bonds is 2. The summed E-state index contributed by atoms with van der Waals surface area (Å²) in [6.07, 6.45) is 3.83. The number of carbonyl (C=O) groups excluding carboxylic acids is 1. The highest BCUT2D eigenvalue weighted by Crippen LogP contribution is 2.41. The summed E-state index contributed by atoms with van der Waals surface area (Å²) >= 11 is 1.77. The summed E-state index contributed by atoms with van der Waals surface area (Å²) < 4.78 is 6.07. The normalized spacial score (nSPS) is 23.9. The maximum absolute atomic E-state index is 13.1. The summed E-state index contributed by atoms with van der Waals surface area (Å²) in [6, 6.07) is 7.72. The van der Waals surface area contributed by atoms with E-state index in [0.29, 0.717) is 5.69 Å². The number of hydrogen-bond donors (Lipinski definition) is 2. The van der Waals surface area contributed by atoms with Crippen molar-refractivity contribution in [1.82, 2.24) is 5.32 Å². The quantitative estimate of drug-likeness (QED) is 0.794. The van der Waals surface area contributed by atoms with Crippen molar-refractivity contribution in [2.24, 2.45) is 0 Å². The van der Waals surface area contributed by atoms with E-state index < -0.39 is 0 Å². The van der Waals surface area contributed by atoms with Gasteiger partial charge in [0.05, 0.1) is 12.0 Å². The van der Waals surface area contributed by atoms with Crippen molar-refractivity contribution in [3.05, 3.63) is 45.6 Å². The van der Waals surface area contributed by atoms with Crippen LogP contribution >= 0.6 is 11.3 Å². The van der Waals surface area contributed by atoms with Crippen molar-refractivity contribution in [1.29, 1.82) is 0 Å². The number of benzene rings is 1. The van der Waals surface area contributed by atoms with Gasteiger partial charge in [0.15, 0.2) is 0 Å². The van der Waals surface area contributed by atoms with Crippen LogP contribution in [0.4, 0.5) is 5.69 Å². The number of hydrogen-bond acceptors (Lipinski definition) is 4. The lowest BCUT2D eigenvalue weighted by atomic mass is 9.85. The van der Waals surface area contributed by atoms with Gasteiger partial charge in [-0.05, 0) is 68.3 Å². The number of aryl methyl sites for hydroxylation is 1. The molecule has 2 aromatic rings. The van der Waals surface area contributed by atoms with E-state index in [1.165, 1.54) is 10.4 Å². The predicted molar refractivity (Wildman–Crippen MR) is 101 cm³/mol. The van der Waals surface area contributed by atoms with Gasteiger partial charge >= 0.3 is 0 Å². The maximum Gasteiger partial charge on any atom is 0.228 e. The Hall–Kier alpha value is -2.01. The average molecular weight is 356 g/mol. The molecule has 1 aliphatic carbocycles. The predicted octanol–water partition coefficient (Wildman–Crippen LogP) is 4.17. The van der Waals surface area contributed by atoms with E-state index >= 15 is 0 Å². The van der Waals surface area contributed by atoms with Gasteiger partial charge in [-0.2, -0.15) is 0 Å². The van der Waals surface area contributed by atoms with Gasteiger partial charge in [-0.3, -0.25) is 4.79 Å². The molecule has 5 heteroatoms. The Morgan fingerprint density at radius 1 is 1.32 bits per heavy atom. The summed E-state index contributed by atoms with van der Waals surface area (Å²) in [5, 5.41) is 5.39. The van der Waals surface area contributed by atoms with Crippen LogP contribution < -0.4 is 15.8 Å². The van der Waals surface area contributed by atoms with Gasteiger partial charge in [-0.1, -0.05) is 0 Å². The van der Waals surface area contributed by atoms with Gasteiger partial charge in [-0.25, -0.2) is 0 Å². The van der Waals surface area contributed by atoms with Crippen molar-refractivity contribution in [3.8, 4) is 5.75 Å². The molecule has 2 unspecified atom stereocenters. The van der Waals surface area contributed by atoms with Gasteiger partial charge in [0.1, 0.15) is 11.4 Å². The summed E-state index contributed by atoms with van der Waals surface area (Å²) in [7, 11) is 0. The van der Waals surface area contributed by atoms with Crippen LogP contribution in [-0.2, 0) is 11.2 Å². The van der Waals surface area contributed by atoms with Gasteiger partial charge in [0, 0.05) is 22.5 Å². The molecule has 0 bridgehead atoms. The first-order valence-corrected chi connectivity index (χ1v) is 9.76. The van der Waals surface area contributed by atoms with Crippen molar-refractivity contribution in [3.63, 3.8) is 0 Å². The Bertz CT molecular complexity index is 812. The van der Waals surface area contributed by atoms with Crippen LogP contribution in [0.2, 0.25) is 0 Å². The minimum absolute atomic E-state index is 0.0366. The molecule has 0 saturated carbocycles. The fourth-order valence-electron chi connectivity index (χ4n) is 4.03. The molecule has 4 nitrogen and oxygen atoms in total. The lowest BCUT2D eigenvalue weighted by Gasteiger charge is -2.38. The number of carbonyl (C=O) groups is 1. The standard InChI is InChI=1S/C20H24N2O2S/c1-20(2)11-16(15-10-12(21)6-7-17(15)24-20)22-19(23)14-4-3-5-18-13(14)8-9-25-18/h6-10,14,16H,3-5,11,21H2,1-2H3,(H,22,23). The van der Waals surface area contributed by atoms with Gasteiger partial charge in [-0.15, -0.1) is 11.3 Å². The van der Waals surface area contributed by atoms with E-state index in [9.17, 15) is 4.79 Å². The molecule has 2 heterocycles. The summed E-state index contributed by atoms with van der Waals surface area (Å²) in [5.74, 6) is 0.900. The molecule has 1 aromatic heterocycles. The molecule has 3 N–H and O–H groups in total. The van der Waals surface area contributed by atoms with E-state index in [4.69, 9.17) is 10.5 Å². The number of nitrogen functional groups attached to an aromatic ring is 1. The van der Waals surface area contributed by atoms with Crippen LogP contribution in [0.15, 0.2) is 29.6 Å². The average Bonchev–Trinajstić information content (AvgIpc) is 3.03. The highest BCUT2D eigenvalue weighted by molar-refractivity contribution is 7.10. The van der Waals surface area contributed by atoms with Crippen molar-refractivity contribution < 1.29 is 9.53 Å². The molecule has 0 fully saturated rings. The zero-order valence-electron chi connectivity index (χ0n) is 14.7. The lowest BCUT2D eigenvalue weighted by Crippen LogP contribution is -2.42. The van der Waals surface area contributed by atoms with Crippen LogP contribution in [0, 0.1) is 0 Å². The topological polar surface area (TPSA) is 64.4 Å². The van der Waals surface area contributed by atoms with Crippen LogP contribution in [0.3, 0.4) is 0 Å². The van der Waals surface area contributed by atoms with Crippen LogP contribution in [0.25, 0.3) is 0 Å². The Balaban J connectivity index is 1.61. The molecule has 1 amide bonds. The third-order valence-electron chi connectivity index (χ3n) is 5.18. The number of nitrogens with one attached hydrogen (secondary N) is 1. The van der Waals surface area contributed by atoms with Crippen molar-refractivity contribution in [2.45, 2.75) is 57.1 Å². The largest absolute Gasteiger partial charge is 0.487 e. The van der Waals surface area contributed by atoms with E-state index in [2.05, 4.69) is 30.6 Å². The molecule has 25 heavy (non-hydrogen) atoms. The second kappa shape index (κ2) is 6.06. The number of anilines is 1. The van der Waals surface area contributed by atoms with E-state index in [0.717, 1.165) is 37.0 Å². The van der Waals surface area contributed by atoms with Crippen LogP contribution in [0.1, 0.15) is 61.1 Å². The third-order valence-corrected chi connectivity index (χ3v) is 6.17. The first kappa shape index (κ1) is 16.5. The number of nitrogens with two attached hydrogens (primary N) is 1. The highest BCUT2D eigenvalue weighted by Gasteiger charge is 2.36. The van der Waals surface area contributed by atoms with Gasteiger partial charge in [0.25, 0.3) is 0 Å². The van der Waals surface area contributed by atoms with E-state index in [1.807, 2.05) is 18.2 Å². The number of ether oxygens (including phenoxy) is 1. The van der Waals surface area contributed by atoms with Crippen molar-refractivity contribution in [2.75, 3.05) is 5.73 Å². The highest BCUT2D eigenvalue weighted by atomic mass is 32.1. The maximum atomic E-state index is 13.1. The fourth-order valence-corrected chi connectivity index (χ4v) is 5.02. The number of thiophene rings is 1. The summed E-state index contributed by atoms with van der Waals surface area (Å²) in [5.41, 5.74) is 8.54. The third kappa shape index (κ3) is 3.13. The minimum Gasteiger partial charge on any atom is -0.487 e. The van der Waals surface area contributed by atoms with Gasteiger partial charge < -0.3 is 15.8 Å². The van der Waals surface area contributed by atoms with E-state index in [1.54, 1.807) is 11.3 Å². The van der Waals surface area contributed by atoms with Crippen molar-refractivity contribution >= 4 is 22.9 Å². The Labute approximate surface area is 152 Å². The second-order valence-electron chi connectivity index (χ2n) is 7.67. The Morgan fingerprint density at radius 3 is 3.00 bits per heavy atom. The molecule has 0 radical (unpaired) electrons. The second-order valence-corrected chi connectivity index (χ2v) is 8.67. The van der Waals surface area contributed by atoms with Crippen LogP contribution in [-0.4, -0.2) is 11.5 Å². The smallest absolute Gasteiger partial charge is 0.228 e. The Morgan fingerprint density at radius 2 is 2.16 bits per heavy atom. The molecular weight excluding hydrogens is 332 g/mol. The molecule has 132 valence electrons. The molecule has 1 aromatic carbocycles. The number of amides is 1. The summed E-state index contributed by atoms with van der Waals surface area (Å²) in [6.45, 7) is 4.12. The molecule has 2 atom stereocenters. The molecule has 0 spiro atoms. The fraction of sp³-hybridized carbons (Fsp3) is 0.450. The van der Waals surface area contributed by atoms with E-state index in [-0.39, 0.29) is 23.5 Å². The molecule has 2 aliphatic rings. The first-order valence-electron chi connectivity index (χ1n) is 8.88. The SMILES string of the molecule is CC1(C)CC(NC(=O)C2CCCc3sccc32)c2cc(N)ccc2O1. The van der Waals surface area contributed by atoms with Crippen LogP contribution in [0.5, 0.6) is 5.75 Å². The zero-order valence-corrected chi connectivity index (χ0v) is 15.5. The number of fused-ring (bicyclic) bond motifs is 2.